The van der Waals surface area contributed by atoms with Crippen LogP contribution < -0.4 is 0 Å². The fourth-order valence-corrected chi connectivity index (χ4v) is 3.09. The van der Waals surface area contributed by atoms with Crippen molar-refractivity contribution in [1.29, 1.82) is 0 Å². The van der Waals surface area contributed by atoms with Crippen LogP contribution in [0.15, 0.2) is 10.5 Å². The summed E-state index contributed by atoms with van der Waals surface area (Å²) in [6.07, 6.45) is 3.22. The summed E-state index contributed by atoms with van der Waals surface area (Å²) in [6.45, 7) is 2.17. The summed E-state index contributed by atoms with van der Waals surface area (Å²) in [4.78, 5) is 12.5. The van der Waals surface area contributed by atoms with Gasteiger partial charge < -0.3 is 0 Å². The number of carbonyl (C=O) groups is 1. The van der Waals surface area contributed by atoms with Gasteiger partial charge in [0.15, 0.2) is 5.78 Å². The first kappa shape index (κ1) is 7.41. The SMILES string of the molecule is C[C@H]1CC(=O)C2=C1CCCS2. The Bertz CT molecular complexity index is 230. The molecule has 60 valence electrons. The maximum absolute atomic E-state index is 11.3. The maximum Gasteiger partial charge on any atom is 0.169 e. The molecule has 0 spiro atoms. The highest BCUT2D eigenvalue weighted by Gasteiger charge is 2.30. The Morgan fingerprint density at radius 3 is 3.09 bits per heavy atom. The second-order valence-electron chi connectivity index (χ2n) is 3.33. The molecule has 0 N–H and O–H groups in total. The highest BCUT2D eigenvalue weighted by Crippen LogP contribution is 2.41. The van der Waals surface area contributed by atoms with E-state index in [0.717, 1.165) is 17.1 Å². The van der Waals surface area contributed by atoms with E-state index in [1.54, 1.807) is 11.8 Å². The Morgan fingerprint density at radius 2 is 2.36 bits per heavy atom. The van der Waals surface area contributed by atoms with Gasteiger partial charge in [0.2, 0.25) is 0 Å². The molecule has 1 atom stereocenters. The Morgan fingerprint density at radius 1 is 1.55 bits per heavy atom. The Labute approximate surface area is 71.2 Å². The molecule has 2 aliphatic rings. The van der Waals surface area contributed by atoms with Crippen LogP contribution in [0.2, 0.25) is 0 Å². The minimum absolute atomic E-state index is 0.400. The van der Waals surface area contributed by atoms with E-state index in [-0.39, 0.29) is 0 Å². The number of hydrogen-bond acceptors (Lipinski definition) is 2. The minimum Gasteiger partial charge on any atom is -0.294 e. The molecule has 0 bridgehead atoms. The van der Waals surface area contributed by atoms with Gasteiger partial charge in [-0.3, -0.25) is 4.79 Å². The van der Waals surface area contributed by atoms with Crippen molar-refractivity contribution in [2.45, 2.75) is 26.2 Å². The second kappa shape index (κ2) is 2.67. The zero-order valence-corrected chi connectivity index (χ0v) is 7.54. The van der Waals surface area contributed by atoms with Gasteiger partial charge in [0, 0.05) is 11.3 Å². The summed E-state index contributed by atoms with van der Waals surface area (Å²) < 4.78 is 0. The molecule has 0 amide bonds. The van der Waals surface area contributed by atoms with Gasteiger partial charge in [0.05, 0.1) is 0 Å². The predicted molar refractivity (Wildman–Crippen MR) is 47.5 cm³/mol. The van der Waals surface area contributed by atoms with Gasteiger partial charge in [-0.1, -0.05) is 6.92 Å². The first-order valence-corrected chi connectivity index (χ1v) is 5.16. The molecule has 11 heavy (non-hydrogen) atoms. The van der Waals surface area contributed by atoms with Crippen LogP contribution in [0.5, 0.6) is 0 Å². The molecule has 0 aromatic heterocycles. The number of allylic oxidation sites excluding steroid dienone is 2. The molecule has 0 radical (unpaired) electrons. The lowest BCUT2D eigenvalue weighted by Crippen LogP contribution is -1.99. The normalized spacial score (nSPS) is 31.0. The Hall–Kier alpha value is -0.240. The van der Waals surface area contributed by atoms with Gasteiger partial charge in [0.1, 0.15) is 0 Å². The number of carbonyl (C=O) groups excluding carboxylic acids is 1. The van der Waals surface area contributed by atoms with Gasteiger partial charge in [-0.05, 0) is 30.1 Å². The molecule has 0 aromatic carbocycles. The van der Waals surface area contributed by atoms with E-state index < -0.39 is 0 Å². The minimum atomic E-state index is 0.400. The van der Waals surface area contributed by atoms with Crippen molar-refractivity contribution >= 4 is 17.5 Å². The third-order valence-corrected chi connectivity index (χ3v) is 3.74. The van der Waals surface area contributed by atoms with Gasteiger partial charge in [-0.2, -0.15) is 0 Å². The summed E-state index contributed by atoms with van der Waals surface area (Å²) in [5.41, 5.74) is 1.45. The van der Waals surface area contributed by atoms with E-state index in [4.69, 9.17) is 0 Å². The first-order chi connectivity index (χ1) is 5.29. The largest absolute Gasteiger partial charge is 0.294 e. The predicted octanol–water partition coefficient (Wildman–Crippen LogP) is 2.38. The van der Waals surface area contributed by atoms with Gasteiger partial charge in [-0.15, -0.1) is 11.8 Å². The van der Waals surface area contributed by atoms with Crippen LogP contribution in [0.1, 0.15) is 26.2 Å². The van der Waals surface area contributed by atoms with Crippen LogP contribution in [-0.4, -0.2) is 11.5 Å². The molecule has 0 saturated carbocycles. The molecule has 2 heteroatoms. The average molecular weight is 168 g/mol. The number of hydrogen-bond donors (Lipinski definition) is 0. The lowest BCUT2D eigenvalue weighted by Gasteiger charge is -2.14. The molecule has 2 rings (SSSR count). The number of thioether (sulfide) groups is 1. The van der Waals surface area contributed by atoms with E-state index in [1.807, 2.05) is 0 Å². The summed E-state index contributed by atoms with van der Waals surface area (Å²) >= 11 is 1.78. The highest BCUT2D eigenvalue weighted by atomic mass is 32.2. The van der Waals surface area contributed by atoms with Crippen molar-refractivity contribution in [2.24, 2.45) is 5.92 Å². The summed E-state index contributed by atoms with van der Waals surface area (Å²) in [7, 11) is 0. The van der Waals surface area contributed by atoms with Gasteiger partial charge >= 0.3 is 0 Å². The van der Waals surface area contributed by atoms with Crippen LogP contribution in [0.3, 0.4) is 0 Å². The second-order valence-corrected chi connectivity index (χ2v) is 4.44. The van der Waals surface area contributed by atoms with Crippen molar-refractivity contribution < 1.29 is 4.79 Å². The monoisotopic (exact) mass is 168 g/mol. The van der Waals surface area contributed by atoms with Gasteiger partial charge in [0.25, 0.3) is 0 Å². The zero-order chi connectivity index (χ0) is 7.84. The smallest absolute Gasteiger partial charge is 0.169 e. The van der Waals surface area contributed by atoms with E-state index in [9.17, 15) is 4.79 Å². The fourth-order valence-electron chi connectivity index (χ4n) is 1.87. The average Bonchev–Trinajstić information content (AvgIpc) is 2.30. The first-order valence-electron chi connectivity index (χ1n) is 4.18. The highest BCUT2D eigenvalue weighted by molar-refractivity contribution is 8.04. The molecular weight excluding hydrogens is 156 g/mol. The fraction of sp³-hybridized carbons (Fsp3) is 0.667. The molecule has 1 nitrogen and oxygen atoms in total. The van der Waals surface area contributed by atoms with Crippen molar-refractivity contribution in [2.75, 3.05) is 5.75 Å². The molecule has 0 unspecified atom stereocenters. The van der Waals surface area contributed by atoms with Crippen molar-refractivity contribution in [3.05, 3.63) is 10.5 Å². The summed E-state index contributed by atoms with van der Waals surface area (Å²) in [5, 5.41) is 0. The molecule has 0 fully saturated rings. The lowest BCUT2D eigenvalue weighted by atomic mass is 10.0. The quantitative estimate of drug-likeness (QED) is 0.552. The van der Waals surface area contributed by atoms with Crippen LogP contribution in [0.25, 0.3) is 0 Å². The number of Topliss-reactive ketones (excluding diaryl/α,β-unsaturated/α-hetero) is 1. The number of ketones is 1. The molecule has 0 aromatic rings. The molecule has 1 aliphatic carbocycles. The van der Waals surface area contributed by atoms with Crippen LogP contribution >= 0.6 is 11.8 Å². The van der Waals surface area contributed by atoms with Crippen molar-refractivity contribution in [3.63, 3.8) is 0 Å². The maximum atomic E-state index is 11.3. The third kappa shape index (κ3) is 1.13. The van der Waals surface area contributed by atoms with E-state index in [2.05, 4.69) is 6.92 Å². The molecule has 0 saturated heterocycles. The van der Waals surface area contributed by atoms with Crippen molar-refractivity contribution in [3.8, 4) is 0 Å². The van der Waals surface area contributed by atoms with Crippen molar-refractivity contribution in [1.82, 2.24) is 0 Å². The lowest BCUT2D eigenvalue weighted by molar-refractivity contribution is -0.114. The molecule has 1 aliphatic heterocycles. The molecular formula is C9H12OS. The Kier molecular flexibility index (Phi) is 1.80. The van der Waals surface area contributed by atoms with Crippen LogP contribution in [0, 0.1) is 5.92 Å². The number of rotatable bonds is 0. The van der Waals surface area contributed by atoms with E-state index in [1.165, 1.54) is 18.4 Å². The third-order valence-electron chi connectivity index (χ3n) is 2.47. The molecule has 1 heterocycles. The summed E-state index contributed by atoms with van der Waals surface area (Å²) in [6, 6.07) is 0. The van der Waals surface area contributed by atoms with E-state index >= 15 is 0 Å². The standard InChI is InChI=1S/C9H12OS/c1-6-5-8(10)9-7(6)3-2-4-11-9/h6H,2-5H2,1H3/t6-/m0/s1. The Balaban J connectivity index is 2.32. The summed E-state index contributed by atoms with van der Waals surface area (Å²) in [5.74, 6) is 2.10. The van der Waals surface area contributed by atoms with E-state index in [0.29, 0.717) is 11.7 Å². The topological polar surface area (TPSA) is 17.1 Å². The van der Waals surface area contributed by atoms with Gasteiger partial charge in [-0.25, -0.2) is 0 Å². The van der Waals surface area contributed by atoms with Crippen LogP contribution in [-0.2, 0) is 4.79 Å². The zero-order valence-electron chi connectivity index (χ0n) is 6.72. The van der Waals surface area contributed by atoms with Crippen LogP contribution in [0.4, 0.5) is 0 Å².